The molecule has 4 nitrogen and oxygen atoms in total. The summed E-state index contributed by atoms with van der Waals surface area (Å²) in [7, 11) is 0. The molecule has 0 N–H and O–H groups in total. The summed E-state index contributed by atoms with van der Waals surface area (Å²) < 4.78 is 7.39. The number of aromatic nitrogens is 3. The minimum Gasteiger partial charge on any atom is -0.338 e. The van der Waals surface area contributed by atoms with Crippen molar-refractivity contribution in [2.75, 3.05) is 0 Å². The van der Waals surface area contributed by atoms with Gasteiger partial charge in [-0.15, -0.1) is 11.3 Å². The van der Waals surface area contributed by atoms with Crippen LogP contribution in [0.4, 0.5) is 0 Å². The van der Waals surface area contributed by atoms with Crippen molar-refractivity contribution in [3.8, 4) is 11.4 Å². The van der Waals surface area contributed by atoms with E-state index in [0.29, 0.717) is 22.5 Å². The Morgan fingerprint density at radius 3 is 2.83 bits per heavy atom. The van der Waals surface area contributed by atoms with Crippen LogP contribution in [-0.4, -0.2) is 15.1 Å². The summed E-state index contributed by atoms with van der Waals surface area (Å²) in [4.78, 5) is 8.98. The average molecular weight is 360 g/mol. The molecule has 0 aliphatic carbocycles. The summed E-state index contributed by atoms with van der Waals surface area (Å²) in [5, 5.41) is 4.72. The third-order valence-corrected chi connectivity index (χ3v) is 5.55. The highest BCUT2D eigenvalue weighted by molar-refractivity contribution is 8.00. The van der Waals surface area contributed by atoms with Crippen LogP contribution in [0.5, 0.6) is 0 Å². The van der Waals surface area contributed by atoms with Gasteiger partial charge in [-0.3, -0.25) is 0 Å². The maximum absolute atomic E-state index is 5.99. The number of hydrogen-bond donors (Lipinski definition) is 0. The van der Waals surface area contributed by atoms with Crippen LogP contribution in [0.1, 0.15) is 5.89 Å². The highest BCUT2D eigenvalue weighted by Gasteiger charge is 2.11. The van der Waals surface area contributed by atoms with Gasteiger partial charge in [0.05, 0.1) is 16.0 Å². The fourth-order valence-electron chi connectivity index (χ4n) is 2.08. The summed E-state index contributed by atoms with van der Waals surface area (Å²) in [6.45, 7) is 0. The number of benzene rings is 2. The normalized spacial score (nSPS) is 11.2. The largest absolute Gasteiger partial charge is 0.338 e. The van der Waals surface area contributed by atoms with Gasteiger partial charge in [0.15, 0.2) is 4.34 Å². The molecule has 7 heteroatoms. The van der Waals surface area contributed by atoms with Crippen LogP contribution >= 0.6 is 34.7 Å². The maximum atomic E-state index is 5.99. The first kappa shape index (κ1) is 14.7. The molecule has 0 aliphatic rings. The van der Waals surface area contributed by atoms with Gasteiger partial charge in [-0.25, -0.2) is 4.98 Å². The number of rotatable bonds is 4. The molecule has 0 saturated heterocycles. The Labute approximate surface area is 145 Å². The Bertz CT molecular complexity index is 952. The smallest absolute Gasteiger partial charge is 0.237 e. The number of thiazole rings is 1. The van der Waals surface area contributed by atoms with E-state index in [-0.39, 0.29) is 0 Å². The van der Waals surface area contributed by atoms with Crippen molar-refractivity contribution in [3.05, 3.63) is 59.4 Å². The summed E-state index contributed by atoms with van der Waals surface area (Å²) in [6.07, 6.45) is 0. The van der Waals surface area contributed by atoms with Gasteiger partial charge in [0.1, 0.15) is 0 Å². The number of thioether (sulfide) groups is 1. The van der Waals surface area contributed by atoms with E-state index in [2.05, 4.69) is 15.1 Å². The highest BCUT2D eigenvalue weighted by atomic mass is 35.5. The lowest BCUT2D eigenvalue weighted by molar-refractivity contribution is 0.391. The molecule has 4 rings (SSSR count). The topological polar surface area (TPSA) is 51.8 Å². The van der Waals surface area contributed by atoms with Gasteiger partial charge in [0.25, 0.3) is 0 Å². The van der Waals surface area contributed by atoms with E-state index in [0.717, 1.165) is 20.1 Å². The van der Waals surface area contributed by atoms with E-state index in [4.69, 9.17) is 16.1 Å². The van der Waals surface area contributed by atoms with Crippen LogP contribution in [0.3, 0.4) is 0 Å². The summed E-state index contributed by atoms with van der Waals surface area (Å²) >= 11 is 9.20. The van der Waals surface area contributed by atoms with Gasteiger partial charge in [0, 0.05) is 10.6 Å². The van der Waals surface area contributed by atoms with Crippen LogP contribution in [0.15, 0.2) is 57.4 Å². The second-order valence-electron chi connectivity index (χ2n) is 4.76. The van der Waals surface area contributed by atoms with Crippen molar-refractivity contribution < 1.29 is 4.52 Å². The molecule has 0 aliphatic heterocycles. The first-order chi connectivity index (χ1) is 11.3. The molecule has 4 aromatic rings. The van der Waals surface area contributed by atoms with Crippen molar-refractivity contribution in [2.24, 2.45) is 0 Å². The predicted octanol–water partition coefficient (Wildman–Crippen LogP) is 5.29. The van der Waals surface area contributed by atoms with Crippen molar-refractivity contribution in [1.82, 2.24) is 15.1 Å². The van der Waals surface area contributed by atoms with Crippen LogP contribution in [0, 0.1) is 0 Å². The Morgan fingerprint density at radius 2 is 1.96 bits per heavy atom. The van der Waals surface area contributed by atoms with Gasteiger partial charge >= 0.3 is 0 Å². The third-order valence-electron chi connectivity index (χ3n) is 3.15. The van der Waals surface area contributed by atoms with Gasteiger partial charge in [-0.2, -0.15) is 4.98 Å². The minimum absolute atomic E-state index is 0.589. The molecule has 2 aromatic carbocycles. The Balaban J connectivity index is 1.49. The zero-order valence-corrected chi connectivity index (χ0v) is 14.2. The molecule has 0 amide bonds. The summed E-state index contributed by atoms with van der Waals surface area (Å²) in [6, 6.07) is 15.5. The zero-order valence-electron chi connectivity index (χ0n) is 11.8. The lowest BCUT2D eigenvalue weighted by atomic mass is 10.2. The molecule has 0 saturated carbocycles. The number of nitrogens with zero attached hydrogens (tertiary/aromatic N) is 3. The van der Waals surface area contributed by atoms with Crippen LogP contribution < -0.4 is 0 Å². The molecule has 0 radical (unpaired) electrons. The standard InChI is InChI=1S/C16H10ClN3OS2/c17-11-6-7-13-12(8-11)18-16(23-13)22-9-14-19-15(20-21-14)10-4-2-1-3-5-10/h1-8H,9H2. The molecule has 114 valence electrons. The maximum Gasteiger partial charge on any atom is 0.237 e. The summed E-state index contributed by atoms with van der Waals surface area (Å²) in [5.74, 6) is 1.79. The van der Waals surface area contributed by atoms with Crippen LogP contribution in [0.25, 0.3) is 21.6 Å². The van der Waals surface area contributed by atoms with Gasteiger partial charge in [-0.1, -0.05) is 58.9 Å². The monoisotopic (exact) mass is 359 g/mol. The Morgan fingerprint density at radius 1 is 1.09 bits per heavy atom. The van der Waals surface area contributed by atoms with Crippen LogP contribution in [-0.2, 0) is 5.75 Å². The second-order valence-corrected chi connectivity index (χ2v) is 7.45. The van der Waals surface area contributed by atoms with Crippen LogP contribution in [0.2, 0.25) is 5.02 Å². The molecule has 0 bridgehead atoms. The van der Waals surface area contributed by atoms with E-state index >= 15 is 0 Å². The number of halogens is 1. The SMILES string of the molecule is Clc1ccc2sc(SCc3nc(-c4ccccc4)no3)nc2c1. The molecule has 0 atom stereocenters. The fraction of sp³-hybridized carbons (Fsp3) is 0.0625. The van der Waals surface area contributed by atoms with E-state index in [1.165, 1.54) is 0 Å². The Kier molecular flexibility index (Phi) is 4.03. The molecule has 0 spiro atoms. The average Bonchev–Trinajstić information content (AvgIpc) is 3.20. The van der Waals surface area contributed by atoms with Crippen molar-refractivity contribution in [1.29, 1.82) is 0 Å². The summed E-state index contributed by atoms with van der Waals surface area (Å²) in [5.41, 5.74) is 1.86. The Hall–Kier alpha value is -1.89. The van der Waals surface area contributed by atoms with Gasteiger partial charge < -0.3 is 4.52 Å². The molecule has 0 unspecified atom stereocenters. The van der Waals surface area contributed by atoms with Crippen molar-refractivity contribution in [3.63, 3.8) is 0 Å². The highest BCUT2D eigenvalue weighted by Crippen LogP contribution is 2.32. The third kappa shape index (κ3) is 3.24. The van der Waals surface area contributed by atoms with E-state index in [1.807, 2.05) is 48.5 Å². The van der Waals surface area contributed by atoms with Crippen molar-refractivity contribution in [2.45, 2.75) is 10.1 Å². The van der Waals surface area contributed by atoms with Gasteiger partial charge in [0.2, 0.25) is 11.7 Å². The lowest BCUT2D eigenvalue weighted by Gasteiger charge is -1.91. The first-order valence-electron chi connectivity index (χ1n) is 6.85. The first-order valence-corrected chi connectivity index (χ1v) is 9.03. The zero-order chi connectivity index (χ0) is 15.6. The van der Waals surface area contributed by atoms with E-state index < -0.39 is 0 Å². The molecule has 0 fully saturated rings. The molecule has 2 aromatic heterocycles. The quantitative estimate of drug-likeness (QED) is 0.463. The minimum atomic E-state index is 0.589. The van der Waals surface area contributed by atoms with E-state index in [9.17, 15) is 0 Å². The number of hydrogen-bond acceptors (Lipinski definition) is 6. The lowest BCUT2D eigenvalue weighted by Crippen LogP contribution is -1.82. The molecule has 23 heavy (non-hydrogen) atoms. The predicted molar refractivity (Wildman–Crippen MR) is 93.9 cm³/mol. The molecule has 2 heterocycles. The van der Waals surface area contributed by atoms with E-state index in [1.54, 1.807) is 23.1 Å². The fourth-order valence-corrected chi connectivity index (χ4v) is 4.14. The van der Waals surface area contributed by atoms with Gasteiger partial charge in [-0.05, 0) is 18.2 Å². The molecular weight excluding hydrogens is 350 g/mol. The number of fused-ring (bicyclic) bond motifs is 1. The molecular formula is C16H10ClN3OS2. The van der Waals surface area contributed by atoms with Crippen molar-refractivity contribution >= 4 is 44.9 Å². The second kappa shape index (κ2) is 6.31.